The van der Waals surface area contributed by atoms with Crippen molar-refractivity contribution >= 4 is 0 Å². The van der Waals surface area contributed by atoms with Crippen LogP contribution in [0, 0.1) is 11.8 Å². The van der Waals surface area contributed by atoms with E-state index >= 15 is 0 Å². The molecule has 0 saturated carbocycles. The van der Waals surface area contributed by atoms with Gasteiger partial charge in [-0.25, -0.2) is 8.78 Å². The molecular formula is C13H25F2NO. The van der Waals surface area contributed by atoms with Crippen LogP contribution in [0.5, 0.6) is 0 Å². The van der Waals surface area contributed by atoms with E-state index < -0.39 is 11.8 Å². The van der Waals surface area contributed by atoms with Crippen molar-refractivity contribution in [3.8, 4) is 0 Å². The number of piperidine rings is 1. The molecule has 0 aliphatic carbocycles. The summed E-state index contributed by atoms with van der Waals surface area (Å²) >= 11 is 0. The quantitative estimate of drug-likeness (QED) is 0.742. The van der Waals surface area contributed by atoms with Gasteiger partial charge in [0.1, 0.15) is 0 Å². The van der Waals surface area contributed by atoms with Crippen LogP contribution in [0.1, 0.15) is 34.1 Å². The van der Waals surface area contributed by atoms with E-state index in [9.17, 15) is 8.78 Å². The van der Waals surface area contributed by atoms with Crippen LogP contribution in [0.4, 0.5) is 8.78 Å². The lowest BCUT2D eigenvalue weighted by atomic mass is 9.93. The van der Waals surface area contributed by atoms with Gasteiger partial charge in [0, 0.05) is 12.5 Å². The van der Waals surface area contributed by atoms with Crippen molar-refractivity contribution in [1.29, 1.82) is 0 Å². The lowest BCUT2D eigenvalue weighted by molar-refractivity contribution is -0.137. The van der Waals surface area contributed by atoms with E-state index in [2.05, 4.69) is 13.8 Å². The fraction of sp³-hybridized carbons (Fsp3) is 1.00. The van der Waals surface area contributed by atoms with Crippen LogP contribution in [0.2, 0.25) is 0 Å². The van der Waals surface area contributed by atoms with Gasteiger partial charge in [0.25, 0.3) is 5.92 Å². The van der Waals surface area contributed by atoms with E-state index in [0.717, 1.165) is 13.1 Å². The summed E-state index contributed by atoms with van der Waals surface area (Å²) < 4.78 is 33.1. The lowest BCUT2D eigenvalue weighted by Crippen LogP contribution is -2.50. The van der Waals surface area contributed by atoms with Crippen LogP contribution in [0.3, 0.4) is 0 Å². The van der Waals surface area contributed by atoms with Gasteiger partial charge in [0.15, 0.2) is 0 Å². The Labute approximate surface area is 103 Å². The predicted molar refractivity (Wildman–Crippen MR) is 65.4 cm³/mol. The number of hydrogen-bond donors (Lipinski definition) is 0. The molecule has 4 heteroatoms. The largest absolute Gasteiger partial charge is 0.378 e. The third kappa shape index (κ3) is 4.88. The summed E-state index contributed by atoms with van der Waals surface area (Å²) in [5.41, 5.74) is 0. The van der Waals surface area contributed by atoms with Gasteiger partial charge in [-0.3, -0.25) is 4.90 Å². The van der Waals surface area contributed by atoms with E-state index in [1.54, 1.807) is 0 Å². The van der Waals surface area contributed by atoms with Crippen LogP contribution >= 0.6 is 0 Å². The molecule has 1 unspecified atom stereocenters. The van der Waals surface area contributed by atoms with E-state index in [4.69, 9.17) is 4.74 Å². The molecule has 0 radical (unpaired) electrons. The molecule has 1 aliphatic rings. The van der Waals surface area contributed by atoms with Crippen molar-refractivity contribution in [2.45, 2.75) is 46.1 Å². The molecule has 1 saturated heterocycles. The molecule has 1 atom stereocenters. The van der Waals surface area contributed by atoms with Crippen molar-refractivity contribution in [2.24, 2.45) is 11.8 Å². The van der Waals surface area contributed by atoms with Crippen LogP contribution < -0.4 is 0 Å². The average molecular weight is 249 g/mol. The van der Waals surface area contributed by atoms with Gasteiger partial charge in [-0.05, 0) is 32.7 Å². The fourth-order valence-electron chi connectivity index (χ4n) is 2.24. The second kappa shape index (κ2) is 6.10. The van der Waals surface area contributed by atoms with Gasteiger partial charge in [-0.1, -0.05) is 13.8 Å². The van der Waals surface area contributed by atoms with E-state index in [-0.39, 0.29) is 19.3 Å². The van der Waals surface area contributed by atoms with Crippen molar-refractivity contribution < 1.29 is 13.5 Å². The van der Waals surface area contributed by atoms with Crippen LogP contribution in [-0.4, -0.2) is 43.2 Å². The lowest BCUT2D eigenvalue weighted by Gasteiger charge is -2.39. The van der Waals surface area contributed by atoms with Crippen molar-refractivity contribution in [2.75, 3.05) is 26.2 Å². The van der Waals surface area contributed by atoms with Crippen molar-refractivity contribution in [3.05, 3.63) is 0 Å². The minimum atomic E-state index is -2.61. The van der Waals surface area contributed by atoms with E-state index in [1.807, 2.05) is 18.7 Å². The number of alkyl halides is 2. The molecule has 0 bridgehead atoms. The van der Waals surface area contributed by atoms with Crippen LogP contribution in [-0.2, 0) is 4.74 Å². The number of nitrogens with zero attached hydrogens (tertiary/aromatic N) is 1. The number of halogens is 2. The second-order valence-electron chi connectivity index (χ2n) is 5.76. The third-order valence-corrected chi connectivity index (χ3v) is 3.08. The molecular weight excluding hydrogens is 224 g/mol. The SMILES string of the molecule is CC(C)CN1CCC(COC(C)C)C(F)(F)C1. The first-order valence-corrected chi connectivity index (χ1v) is 6.53. The maximum absolute atomic E-state index is 13.9. The summed E-state index contributed by atoms with van der Waals surface area (Å²) in [4.78, 5) is 1.87. The van der Waals surface area contributed by atoms with E-state index in [0.29, 0.717) is 12.3 Å². The van der Waals surface area contributed by atoms with Gasteiger partial charge in [0.05, 0.1) is 19.3 Å². The van der Waals surface area contributed by atoms with Gasteiger partial charge >= 0.3 is 0 Å². The smallest absolute Gasteiger partial charge is 0.265 e. The molecule has 0 spiro atoms. The minimum Gasteiger partial charge on any atom is -0.378 e. The highest BCUT2D eigenvalue weighted by Gasteiger charge is 2.44. The molecule has 0 amide bonds. The Morgan fingerprint density at radius 3 is 2.41 bits per heavy atom. The summed E-state index contributed by atoms with van der Waals surface area (Å²) in [5.74, 6) is -2.79. The molecule has 0 N–H and O–H groups in total. The van der Waals surface area contributed by atoms with Gasteiger partial charge in [-0.2, -0.15) is 0 Å². The Morgan fingerprint density at radius 2 is 1.94 bits per heavy atom. The normalized spacial score (nSPS) is 25.8. The monoisotopic (exact) mass is 249 g/mol. The minimum absolute atomic E-state index is 0.0273. The number of rotatable bonds is 5. The second-order valence-corrected chi connectivity index (χ2v) is 5.76. The Bertz CT molecular complexity index is 231. The number of hydrogen-bond acceptors (Lipinski definition) is 2. The zero-order chi connectivity index (χ0) is 13.1. The molecule has 0 aromatic carbocycles. The molecule has 2 nitrogen and oxygen atoms in total. The first-order chi connectivity index (χ1) is 7.81. The van der Waals surface area contributed by atoms with Gasteiger partial charge in [-0.15, -0.1) is 0 Å². The third-order valence-electron chi connectivity index (χ3n) is 3.08. The predicted octanol–water partition coefficient (Wildman–Crippen LogP) is 3.02. The molecule has 1 rings (SSSR count). The molecule has 17 heavy (non-hydrogen) atoms. The number of ether oxygens (including phenoxy) is 1. The standard InChI is InChI=1S/C13H25F2NO/c1-10(2)7-16-6-5-12(8-17-11(3)4)13(14,15)9-16/h10-12H,5-9H2,1-4H3. The molecule has 1 heterocycles. The summed E-state index contributed by atoms with van der Waals surface area (Å²) in [6, 6.07) is 0. The first kappa shape index (κ1) is 14.8. The maximum Gasteiger partial charge on any atom is 0.265 e. The van der Waals surface area contributed by atoms with Gasteiger partial charge in [0.2, 0.25) is 0 Å². The van der Waals surface area contributed by atoms with Crippen LogP contribution in [0.15, 0.2) is 0 Å². The highest BCUT2D eigenvalue weighted by Crippen LogP contribution is 2.33. The molecule has 1 fully saturated rings. The molecule has 102 valence electrons. The topological polar surface area (TPSA) is 12.5 Å². The summed E-state index contributed by atoms with van der Waals surface area (Å²) in [6.07, 6.45) is 0.561. The highest BCUT2D eigenvalue weighted by atomic mass is 19.3. The van der Waals surface area contributed by atoms with Crippen LogP contribution in [0.25, 0.3) is 0 Å². The van der Waals surface area contributed by atoms with Crippen molar-refractivity contribution in [1.82, 2.24) is 4.90 Å². The number of likely N-dealkylation sites (tertiary alicyclic amines) is 1. The summed E-state index contributed by atoms with van der Waals surface area (Å²) in [5, 5.41) is 0. The summed E-state index contributed by atoms with van der Waals surface area (Å²) in [7, 11) is 0. The first-order valence-electron chi connectivity index (χ1n) is 6.53. The Hall–Kier alpha value is -0.220. The molecule has 1 aliphatic heterocycles. The Morgan fingerprint density at radius 1 is 1.29 bits per heavy atom. The van der Waals surface area contributed by atoms with E-state index in [1.165, 1.54) is 0 Å². The maximum atomic E-state index is 13.9. The molecule has 0 aromatic rings. The zero-order valence-electron chi connectivity index (χ0n) is 11.4. The summed E-state index contributed by atoms with van der Waals surface area (Å²) in [6.45, 7) is 9.47. The fourth-order valence-corrected chi connectivity index (χ4v) is 2.24. The Kier molecular flexibility index (Phi) is 5.32. The van der Waals surface area contributed by atoms with Crippen molar-refractivity contribution in [3.63, 3.8) is 0 Å². The average Bonchev–Trinajstić information content (AvgIpc) is 2.13. The zero-order valence-corrected chi connectivity index (χ0v) is 11.4. The molecule has 0 aromatic heterocycles. The Balaban J connectivity index is 2.45. The van der Waals surface area contributed by atoms with Gasteiger partial charge < -0.3 is 4.74 Å². The highest BCUT2D eigenvalue weighted by molar-refractivity contribution is 4.86.